The van der Waals surface area contributed by atoms with E-state index >= 15 is 0 Å². The third-order valence-electron chi connectivity index (χ3n) is 9.21. The fourth-order valence-corrected chi connectivity index (χ4v) is 6.74. The Morgan fingerprint density at radius 3 is 2.17 bits per heavy atom. The topological polar surface area (TPSA) is 260 Å². The predicted octanol–water partition coefficient (Wildman–Crippen LogP) is 8.55. The molecule has 7 N–H and O–H groups in total. The summed E-state index contributed by atoms with van der Waals surface area (Å²) in [6.07, 6.45) is 0.304. The van der Waals surface area contributed by atoms with Gasteiger partial charge in [0.25, 0.3) is 5.69 Å². The molecular formula is C41H37BrN8O8. The molecule has 6 rings (SSSR count). The van der Waals surface area contributed by atoms with Gasteiger partial charge in [-0.3, -0.25) is 24.5 Å². The number of fused-ring (bicyclic) bond motifs is 2. The van der Waals surface area contributed by atoms with E-state index in [1.807, 2.05) is 32.0 Å². The molecule has 0 aliphatic heterocycles. The first-order valence-electron chi connectivity index (χ1n) is 17.7. The highest BCUT2D eigenvalue weighted by Crippen LogP contribution is 2.45. The maximum Gasteiger partial charge on any atom is 0.272 e. The van der Waals surface area contributed by atoms with E-state index in [4.69, 9.17) is 16.2 Å². The molecule has 0 fully saturated rings. The van der Waals surface area contributed by atoms with Crippen LogP contribution >= 0.6 is 15.9 Å². The Morgan fingerprint density at radius 1 is 0.914 bits per heavy atom. The third-order valence-corrected chi connectivity index (χ3v) is 9.82. The molecule has 0 unspecified atom stereocenters. The van der Waals surface area contributed by atoms with Crippen molar-refractivity contribution in [2.24, 2.45) is 10.2 Å². The number of non-ortho nitro benzene ring substituents is 1. The number of halogens is 1. The second kappa shape index (κ2) is 17.6. The van der Waals surface area contributed by atoms with Crippen molar-refractivity contribution in [1.82, 2.24) is 0 Å². The molecule has 1 aliphatic rings. The highest BCUT2D eigenvalue weighted by molar-refractivity contribution is 9.10. The first-order chi connectivity index (χ1) is 27.7. The zero-order chi connectivity index (χ0) is 42.4. The number of amides is 1. The maximum absolute atomic E-state index is 13.1. The fraction of sp³-hybridized carbons (Fsp3) is 0.171. The summed E-state index contributed by atoms with van der Waals surface area (Å²) >= 11 is 3.21. The van der Waals surface area contributed by atoms with Crippen LogP contribution in [0.2, 0.25) is 0 Å². The molecule has 58 heavy (non-hydrogen) atoms. The van der Waals surface area contributed by atoms with Gasteiger partial charge in [0.15, 0.2) is 0 Å². The molecule has 0 saturated carbocycles. The smallest absolute Gasteiger partial charge is 0.272 e. The second-order valence-corrected chi connectivity index (χ2v) is 13.4. The van der Waals surface area contributed by atoms with Crippen molar-refractivity contribution in [3.63, 3.8) is 0 Å². The Balaban J connectivity index is 0.000000221. The van der Waals surface area contributed by atoms with E-state index in [1.165, 1.54) is 31.4 Å². The molecule has 1 aliphatic carbocycles. The second-order valence-electron chi connectivity index (χ2n) is 12.6. The third kappa shape index (κ3) is 8.27. The van der Waals surface area contributed by atoms with E-state index in [1.54, 1.807) is 37.3 Å². The van der Waals surface area contributed by atoms with Crippen LogP contribution in [0.1, 0.15) is 64.6 Å². The average Bonchev–Trinajstić information content (AvgIpc) is 3.21. The largest absolute Gasteiger partial charge is 0.507 e. The van der Waals surface area contributed by atoms with Crippen LogP contribution in [0.25, 0.3) is 11.1 Å². The first kappa shape index (κ1) is 41.8. The number of nitrogens with one attached hydrogen (secondary N) is 1. The molecule has 0 saturated heterocycles. The Labute approximate surface area is 340 Å². The van der Waals surface area contributed by atoms with E-state index < -0.39 is 16.5 Å². The molecule has 0 bridgehead atoms. The lowest BCUT2D eigenvalue weighted by Gasteiger charge is -2.23. The molecule has 0 heterocycles. The summed E-state index contributed by atoms with van der Waals surface area (Å²) in [5.74, 6) is -1.63. The van der Waals surface area contributed by atoms with Gasteiger partial charge in [-0.05, 0) is 83.9 Å². The number of phenolic OH excluding ortho intramolecular Hbond substituents is 2. The summed E-state index contributed by atoms with van der Waals surface area (Å²) in [5.41, 5.74) is 14.2. The molecule has 5 aromatic rings. The van der Waals surface area contributed by atoms with Gasteiger partial charge in [0, 0.05) is 48.6 Å². The number of rotatable bonds is 10. The number of hydrogen-bond acceptors (Lipinski definition) is 14. The van der Waals surface area contributed by atoms with Gasteiger partial charge >= 0.3 is 0 Å². The number of nitrogens with zero attached hydrogens (tertiary/aromatic N) is 5. The van der Waals surface area contributed by atoms with Crippen LogP contribution in [0.15, 0.2) is 87.5 Å². The molecule has 0 radical (unpaired) electrons. The molecule has 17 heteroatoms. The van der Waals surface area contributed by atoms with Gasteiger partial charge in [0.05, 0.1) is 55.7 Å². The number of ether oxygens (including phenoxy) is 1. The number of nitrogens with two attached hydrogens (primary N) is 2. The van der Waals surface area contributed by atoms with E-state index in [-0.39, 0.29) is 72.4 Å². The fourth-order valence-electron chi connectivity index (χ4n) is 6.21. The van der Waals surface area contributed by atoms with Crippen LogP contribution in [-0.4, -0.2) is 52.8 Å². The summed E-state index contributed by atoms with van der Waals surface area (Å²) in [4.78, 5) is 50.6. The molecule has 5 aromatic carbocycles. The van der Waals surface area contributed by atoms with Crippen LogP contribution in [-0.2, 0) is 4.79 Å². The Kier molecular flexibility index (Phi) is 12.7. The minimum Gasteiger partial charge on any atom is -0.507 e. The van der Waals surface area contributed by atoms with Crippen LogP contribution in [0.3, 0.4) is 0 Å². The lowest BCUT2D eigenvalue weighted by Crippen LogP contribution is -2.24. The number of carbonyl (C=O) groups excluding carboxylic acids is 3. The van der Waals surface area contributed by atoms with Crippen molar-refractivity contribution >= 4 is 73.2 Å². The van der Waals surface area contributed by atoms with Crippen molar-refractivity contribution in [1.29, 1.82) is 5.26 Å². The van der Waals surface area contributed by atoms with Crippen LogP contribution in [0.4, 0.5) is 39.8 Å². The number of aromatic hydroxyl groups is 2. The number of phenols is 2. The summed E-state index contributed by atoms with van der Waals surface area (Å²) in [6, 6.07) is 20.5. The number of azo groups is 1. The zero-order valence-electron chi connectivity index (χ0n) is 31.7. The molecule has 1 amide bonds. The Hall–Kier alpha value is -7.32. The number of hydrogen-bond donors (Lipinski definition) is 5. The molecule has 16 nitrogen and oxygen atoms in total. The number of nitrogen functional groups attached to an aromatic ring is 2. The van der Waals surface area contributed by atoms with Gasteiger partial charge in [0.2, 0.25) is 17.5 Å². The number of anilines is 4. The highest BCUT2D eigenvalue weighted by Gasteiger charge is 2.38. The summed E-state index contributed by atoms with van der Waals surface area (Å²) in [5, 5.41) is 52.2. The Bertz CT molecular complexity index is 2550. The van der Waals surface area contributed by atoms with E-state index in [2.05, 4.69) is 36.4 Å². The number of nitro benzene ring substituents is 1. The van der Waals surface area contributed by atoms with Crippen molar-refractivity contribution in [2.75, 3.05) is 41.9 Å². The zero-order valence-corrected chi connectivity index (χ0v) is 33.2. The van der Waals surface area contributed by atoms with E-state index in [0.29, 0.717) is 34.7 Å². The van der Waals surface area contributed by atoms with Crippen molar-refractivity contribution < 1.29 is 34.3 Å². The van der Waals surface area contributed by atoms with Gasteiger partial charge in [-0.2, -0.15) is 5.26 Å². The van der Waals surface area contributed by atoms with Gasteiger partial charge in [-0.25, -0.2) is 0 Å². The normalized spacial score (nSPS) is 11.5. The summed E-state index contributed by atoms with van der Waals surface area (Å²) in [7, 11) is 1.54. The number of nitriles is 1. The standard InChI is InChI=1S/C21H16N2O5.C20H21BrN6O3/c1-28-10-4-2-9(3-5-10)11-8-14(25)17-18(19(11)23)21(27)16-13(24)7-6-12(22)15(16)20(17)26;1-4-19(28)23-18-11-14(26(5-2)6-3)7-8-17(18)24-25-20-13(12-22)9-15(27(29)30)10-16(20)21/h2-8,24-25H,22-23H2,1H3;7-11H,4-6H2,1-3H3,(H,23,28). The van der Waals surface area contributed by atoms with Crippen molar-refractivity contribution in [3.05, 3.63) is 115 Å². The number of ketones is 2. The van der Waals surface area contributed by atoms with E-state index in [9.17, 15) is 40.0 Å². The molecule has 0 atom stereocenters. The highest BCUT2D eigenvalue weighted by atomic mass is 79.9. The predicted molar refractivity (Wildman–Crippen MR) is 223 cm³/mol. The van der Waals surface area contributed by atoms with Crippen molar-refractivity contribution in [2.45, 2.75) is 27.2 Å². The number of methoxy groups -OCH3 is 1. The minimum atomic E-state index is -0.669. The van der Waals surface area contributed by atoms with Gasteiger partial charge in [-0.15, -0.1) is 10.2 Å². The molecule has 0 aromatic heterocycles. The minimum absolute atomic E-state index is 0.0127. The molecule has 0 spiro atoms. The summed E-state index contributed by atoms with van der Waals surface area (Å²) < 4.78 is 5.40. The van der Waals surface area contributed by atoms with Gasteiger partial charge in [-0.1, -0.05) is 19.1 Å². The molecule has 296 valence electrons. The lowest BCUT2D eigenvalue weighted by molar-refractivity contribution is -0.384. The number of benzene rings is 5. The van der Waals surface area contributed by atoms with Crippen LogP contribution < -0.4 is 26.4 Å². The van der Waals surface area contributed by atoms with Crippen molar-refractivity contribution in [3.8, 4) is 34.4 Å². The lowest BCUT2D eigenvalue weighted by atomic mass is 9.80. The quantitative estimate of drug-likeness (QED) is 0.0285. The number of nitro groups is 1. The number of carbonyl (C=O) groups is 3. The van der Waals surface area contributed by atoms with Gasteiger partial charge < -0.3 is 36.6 Å². The molecular weight excluding hydrogens is 812 g/mol. The summed E-state index contributed by atoms with van der Waals surface area (Å²) in [6.45, 7) is 7.44. The van der Waals surface area contributed by atoms with Gasteiger partial charge in [0.1, 0.15) is 34.7 Å². The van der Waals surface area contributed by atoms with Crippen LogP contribution in [0, 0.1) is 21.4 Å². The van der Waals surface area contributed by atoms with Crippen LogP contribution in [0.5, 0.6) is 17.2 Å². The Morgan fingerprint density at radius 2 is 1.57 bits per heavy atom. The maximum atomic E-state index is 13.1. The monoisotopic (exact) mass is 848 g/mol. The average molecular weight is 850 g/mol. The first-order valence-corrected chi connectivity index (χ1v) is 18.5. The van der Waals surface area contributed by atoms with E-state index in [0.717, 1.165) is 24.8 Å². The SMILES string of the molecule is CCC(=O)Nc1cc(N(CC)CC)ccc1N=Nc1c(Br)cc([N+](=O)[O-])cc1C#N.COc1ccc(-c2cc(O)c3c(c2N)C(=O)c2c(O)ccc(N)c2C3=O)cc1.